The molecule has 2 heterocycles. The molecule has 4 rings (SSSR count). The summed E-state index contributed by atoms with van der Waals surface area (Å²) in [4.78, 5) is 14.5. The molecular formula is C20H23FN4O4S. The molecule has 160 valence electrons. The molecule has 0 aliphatic carbocycles. The van der Waals surface area contributed by atoms with Crippen LogP contribution >= 0.6 is 11.0 Å². The van der Waals surface area contributed by atoms with Gasteiger partial charge in [-0.15, -0.1) is 4.40 Å². The minimum Gasteiger partial charge on any atom is -0.492 e. The van der Waals surface area contributed by atoms with Gasteiger partial charge in [-0.3, -0.25) is 18.6 Å². The quantitative estimate of drug-likeness (QED) is 0.585. The van der Waals surface area contributed by atoms with E-state index in [0.717, 1.165) is 12.8 Å². The number of halogens is 1. The number of hydrogen-bond donors (Lipinski definition) is 4. The topological polar surface area (TPSA) is 120 Å². The van der Waals surface area contributed by atoms with Gasteiger partial charge in [-0.2, -0.15) is 0 Å². The number of nitrogens with zero attached hydrogens (tertiary/aromatic N) is 2. The highest BCUT2D eigenvalue weighted by molar-refractivity contribution is 8.24. The van der Waals surface area contributed by atoms with E-state index in [2.05, 4.69) is 9.12 Å². The number of rotatable bonds is 4. The number of amides is 1. The van der Waals surface area contributed by atoms with Crippen molar-refractivity contribution < 1.29 is 23.0 Å². The zero-order valence-electron chi connectivity index (χ0n) is 16.1. The summed E-state index contributed by atoms with van der Waals surface area (Å²) in [6.07, 6.45) is 1.75. The Kier molecular flexibility index (Phi) is 5.54. The first kappa shape index (κ1) is 20.5. The standard InChI is InChI=1S/C20H23FN4O4S/c21-15-8-6-14(7-9-15)20(26)25-10-2-3-13(11-25)12-29-17-5-1-4-16-18(17)19(22)24-30(27,28)23-16/h1,4-9,13,23,27-28H,2-3,10-12H2,(H2,22,24). The number of benzene rings is 2. The Morgan fingerprint density at radius 1 is 1.30 bits per heavy atom. The van der Waals surface area contributed by atoms with Gasteiger partial charge in [0.15, 0.2) is 5.84 Å². The number of nitrogens with one attached hydrogen (secondary N) is 1. The second-order valence-electron chi connectivity index (χ2n) is 7.35. The summed E-state index contributed by atoms with van der Waals surface area (Å²) in [6, 6.07) is 10.7. The highest BCUT2D eigenvalue weighted by Gasteiger charge is 2.27. The molecular weight excluding hydrogens is 411 g/mol. The van der Waals surface area contributed by atoms with E-state index in [1.807, 2.05) is 0 Å². The van der Waals surface area contributed by atoms with Crippen molar-refractivity contribution in [2.45, 2.75) is 12.8 Å². The Balaban J connectivity index is 1.43. The Hall–Kier alpha value is -2.82. The van der Waals surface area contributed by atoms with Crippen molar-refractivity contribution in [3.8, 4) is 5.75 Å². The first-order valence-corrected chi connectivity index (χ1v) is 11.0. The Morgan fingerprint density at radius 3 is 2.83 bits per heavy atom. The van der Waals surface area contributed by atoms with Crippen LogP contribution in [-0.4, -0.2) is 45.4 Å². The van der Waals surface area contributed by atoms with E-state index in [9.17, 15) is 18.3 Å². The van der Waals surface area contributed by atoms with Gasteiger partial charge in [-0.25, -0.2) is 4.39 Å². The van der Waals surface area contributed by atoms with Crippen LogP contribution in [0.15, 0.2) is 46.9 Å². The third kappa shape index (κ3) is 4.35. The molecule has 0 radical (unpaired) electrons. The molecule has 8 nitrogen and oxygen atoms in total. The molecule has 1 amide bonds. The molecule has 30 heavy (non-hydrogen) atoms. The molecule has 5 N–H and O–H groups in total. The zero-order chi connectivity index (χ0) is 21.3. The van der Waals surface area contributed by atoms with Crippen molar-refractivity contribution in [3.63, 3.8) is 0 Å². The highest BCUT2D eigenvalue weighted by Crippen LogP contribution is 2.46. The predicted octanol–water partition coefficient (Wildman–Crippen LogP) is 3.47. The summed E-state index contributed by atoms with van der Waals surface area (Å²) in [5.74, 6) is 0.104. The first-order valence-electron chi connectivity index (χ1n) is 9.55. The molecule has 2 aromatic carbocycles. The largest absolute Gasteiger partial charge is 0.492 e. The number of anilines is 1. The monoisotopic (exact) mass is 434 g/mol. The van der Waals surface area contributed by atoms with E-state index in [0.29, 0.717) is 42.3 Å². The number of hydrogen-bond acceptors (Lipinski definition) is 7. The lowest BCUT2D eigenvalue weighted by atomic mass is 9.98. The summed E-state index contributed by atoms with van der Waals surface area (Å²) < 4.78 is 44.9. The van der Waals surface area contributed by atoms with Crippen LogP contribution in [-0.2, 0) is 0 Å². The van der Waals surface area contributed by atoms with Gasteiger partial charge in [0.25, 0.3) is 5.91 Å². The van der Waals surface area contributed by atoms with Crippen LogP contribution in [0.2, 0.25) is 0 Å². The first-order chi connectivity index (χ1) is 14.3. The van der Waals surface area contributed by atoms with E-state index in [-0.39, 0.29) is 23.5 Å². The van der Waals surface area contributed by atoms with Crippen molar-refractivity contribution in [2.75, 3.05) is 24.4 Å². The molecule has 2 aromatic rings. The molecule has 2 aliphatic rings. The van der Waals surface area contributed by atoms with Gasteiger partial charge < -0.3 is 15.4 Å². The molecule has 0 bridgehead atoms. The van der Waals surface area contributed by atoms with Crippen LogP contribution in [0.4, 0.5) is 10.1 Å². The van der Waals surface area contributed by atoms with Crippen LogP contribution < -0.4 is 15.2 Å². The summed E-state index contributed by atoms with van der Waals surface area (Å²) in [7, 11) is -3.35. The highest BCUT2D eigenvalue weighted by atomic mass is 32.3. The van der Waals surface area contributed by atoms with Gasteiger partial charge in [0.1, 0.15) is 11.6 Å². The van der Waals surface area contributed by atoms with Crippen molar-refractivity contribution in [1.29, 1.82) is 0 Å². The molecule has 0 spiro atoms. The molecule has 1 atom stereocenters. The average molecular weight is 434 g/mol. The van der Waals surface area contributed by atoms with E-state index in [4.69, 9.17) is 10.5 Å². The van der Waals surface area contributed by atoms with Gasteiger partial charge in [0.05, 0.1) is 17.9 Å². The van der Waals surface area contributed by atoms with E-state index in [1.165, 1.54) is 24.3 Å². The normalized spacial score (nSPS) is 21.1. The van der Waals surface area contributed by atoms with Crippen molar-refractivity contribution in [1.82, 2.24) is 4.90 Å². The second-order valence-corrected chi connectivity index (χ2v) is 8.78. The Labute approximate surface area is 175 Å². The fourth-order valence-electron chi connectivity index (χ4n) is 3.72. The fourth-order valence-corrected chi connectivity index (χ4v) is 4.60. The number of carbonyl (C=O) groups excluding carboxylic acids is 1. The van der Waals surface area contributed by atoms with Crippen molar-refractivity contribution >= 4 is 28.4 Å². The van der Waals surface area contributed by atoms with E-state index >= 15 is 0 Å². The maximum atomic E-state index is 13.1. The van der Waals surface area contributed by atoms with Crippen molar-refractivity contribution in [3.05, 3.63) is 59.4 Å². The average Bonchev–Trinajstić information content (AvgIpc) is 2.71. The van der Waals surface area contributed by atoms with Crippen LogP contribution in [0.3, 0.4) is 0 Å². The van der Waals surface area contributed by atoms with Crippen LogP contribution in [0.25, 0.3) is 0 Å². The van der Waals surface area contributed by atoms with E-state index < -0.39 is 11.0 Å². The summed E-state index contributed by atoms with van der Waals surface area (Å²) in [5.41, 5.74) is 7.31. The molecule has 0 saturated carbocycles. The predicted molar refractivity (Wildman–Crippen MR) is 114 cm³/mol. The SMILES string of the molecule is NC1=NS(O)(O)Nc2cccc(OCC3CCCN(C(=O)c4ccc(F)cc4)C3)c21. The molecule has 1 saturated heterocycles. The lowest BCUT2D eigenvalue weighted by Crippen LogP contribution is -2.41. The zero-order valence-corrected chi connectivity index (χ0v) is 16.9. The maximum Gasteiger partial charge on any atom is 0.253 e. The van der Waals surface area contributed by atoms with Crippen molar-refractivity contribution in [2.24, 2.45) is 16.0 Å². The maximum absolute atomic E-state index is 13.1. The smallest absolute Gasteiger partial charge is 0.253 e. The van der Waals surface area contributed by atoms with Crippen LogP contribution in [0, 0.1) is 11.7 Å². The van der Waals surface area contributed by atoms with Crippen LogP contribution in [0.1, 0.15) is 28.8 Å². The number of amidine groups is 1. The fraction of sp³-hybridized carbons (Fsp3) is 0.300. The second kappa shape index (κ2) is 8.13. The summed E-state index contributed by atoms with van der Waals surface area (Å²) in [6.45, 7) is 1.55. The minimum atomic E-state index is -3.35. The third-order valence-corrected chi connectivity index (χ3v) is 6.07. The molecule has 1 unspecified atom stereocenters. The van der Waals surface area contributed by atoms with Gasteiger partial charge in [-0.05, 0) is 60.2 Å². The summed E-state index contributed by atoms with van der Waals surface area (Å²) in [5, 5.41) is 0. The van der Waals surface area contributed by atoms with Crippen LogP contribution in [0.5, 0.6) is 5.75 Å². The third-order valence-electron chi connectivity index (χ3n) is 5.13. The molecule has 0 aromatic heterocycles. The number of nitrogens with two attached hydrogens (primary N) is 1. The molecule has 10 heteroatoms. The Morgan fingerprint density at radius 2 is 2.07 bits per heavy atom. The minimum absolute atomic E-state index is 0.00360. The lowest BCUT2D eigenvalue weighted by molar-refractivity contribution is 0.0633. The van der Waals surface area contributed by atoms with Gasteiger partial charge in [0, 0.05) is 24.6 Å². The molecule has 2 aliphatic heterocycles. The van der Waals surface area contributed by atoms with Gasteiger partial charge >= 0.3 is 0 Å². The van der Waals surface area contributed by atoms with Gasteiger partial charge in [0.2, 0.25) is 0 Å². The number of piperidine rings is 1. The number of ether oxygens (including phenoxy) is 1. The van der Waals surface area contributed by atoms with Gasteiger partial charge in [-0.1, -0.05) is 6.07 Å². The number of carbonyl (C=O) groups is 1. The number of fused-ring (bicyclic) bond motifs is 1. The van der Waals surface area contributed by atoms with E-state index in [1.54, 1.807) is 23.1 Å². The summed E-state index contributed by atoms with van der Waals surface area (Å²) >= 11 is 0. The molecule has 1 fully saturated rings. The number of likely N-dealkylation sites (tertiary alicyclic amines) is 1. The lowest BCUT2D eigenvalue weighted by Gasteiger charge is -2.34. The Bertz CT molecular complexity index is 983.